The normalized spacial score (nSPS) is 15.8. The van der Waals surface area contributed by atoms with Gasteiger partial charge in [-0.2, -0.15) is 5.10 Å². The summed E-state index contributed by atoms with van der Waals surface area (Å²) in [5, 5.41) is 8.53. The Morgan fingerprint density at radius 2 is 1.91 bits per heavy atom. The third kappa shape index (κ3) is 4.57. The second-order valence-corrected chi connectivity index (χ2v) is 9.76. The van der Waals surface area contributed by atoms with Gasteiger partial charge in [0.2, 0.25) is 5.88 Å². The number of pyridine rings is 3. The van der Waals surface area contributed by atoms with Crippen molar-refractivity contribution in [2.24, 2.45) is 0 Å². The van der Waals surface area contributed by atoms with Gasteiger partial charge in [0.05, 0.1) is 37.1 Å². The second kappa shape index (κ2) is 9.24. The highest BCUT2D eigenvalue weighted by molar-refractivity contribution is 7.82. The van der Waals surface area contributed by atoms with Crippen molar-refractivity contribution < 1.29 is 8.95 Å². The van der Waals surface area contributed by atoms with Crippen LogP contribution >= 0.6 is 0 Å². The third-order valence-corrected chi connectivity index (χ3v) is 7.12. The fourth-order valence-corrected chi connectivity index (χ4v) is 5.15. The molecule has 9 nitrogen and oxygen atoms in total. The van der Waals surface area contributed by atoms with Gasteiger partial charge in [0, 0.05) is 42.5 Å². The first-order valence-corrected chi connectivity index (χ1v) is 12.1. The number of hydrogen-bond donors (Lipinski definition) is 1. The summed E-state index contributed by atoms with van der Waals surface area (Å²) >= 11 is 0. The van der Waals surface area contributed by atoms with Crippen LogP contribution in [0.25, 0.3) is 22.2 Å². The van der Waals surface area contributed by atoms with Crippen LogP contribution in [0, 0.1) is 0 Å². The standard InChI is InChI=1S/C23H25N7O2S/c1-16(2)32-22-13-19-20(15-26-22)27-28-23(19)17-5-7-25-21(12-17)29-8-10-30(11-9-29)33(31)18-4-3-6-24-14-18/h3-7,12-16H,8-11H2,1-2H3,(H,27,28)/p+1. The van der Waals surface area contributed by atoms with Gasteiger partial charge in [-0.15, -0.1) is 4.31 Å². The van der Waals surface area contributed by atoms with E-state index in [1.165, 1.54) is 0 Å². The Kier molecular flexibility index (Phi) is 6.01. The van der Waals surface area contributed by atoms with Crippen molar-refractivity contribution in [1.82, 2.24) is 29.5 Å². The van der Waals surface area contributed by atoms with E-state index < -0.39 is 11.0 Å². The van der Waals surface area contributed by atoms with E-state index in [4.69, 9.17) is 4.74 Å². The van der Waals surface area contributed by atoms with Crippen LogP contribution < -0.4 is 9.64 Å². The van der Waals surface area contributed by atoms with Crippen molar-refractivity contribution in [2.75, 3.05) is 31.1 Å². The zero-order chi connectivity index (χ0) is 22.8. The Morgan fingerprint density at radius 1 is 1.06 bits per heavy atom. The minimum atomic E-state index is -1.61. The number of nitrogens with one attached hydrogen (secondary N) is 1. The molecule has 0 saturated carbocycles. The first kappa shape index (κ1) is 21.5. The SMILES string of the molecule is CC(C)Oc1cc2c(-c3ccnc(N4CCN([SH+](=O)c5cccnc5)CC4)c3)n[nH]c2cn1. The first-order valence-electron chi connectivity index (χ1n) is 10.9. The maximum atomic E-state index is 12.8. The largest absolute Gasteiger partial charge is 0.475 e. The number of ether oxygens (including phenoxy) is 1. The summed E-state index contributed by atoms with van der Waals surface area (Å²) in [6.07, 6.45) is 6.97. The molecule has 1 aliphatic heterocycles. The number of nitrogens with zero attached hydrogens (tertiary/aromatic N) is 6. The molecule has 0 radical (unpaired) electrons. The van der Waals surface area contributed by atoms with Gasteiger partial charge in [-0.3, -0.25) is 10.1 Å². The number of thiol groups is 1. The van der Waals surface area contributed by atoms with E-state index in [0.717, 1.165) is 46.0 Å². The van der Waals surface area contributed by atoms with Crippen LogP contribution in [0.15, 0.2) is 60.0 Å². The summed E-state index contributed by atoms with van der Waals surface area (Å²) in [5.41, 5.74) is 2.66. The summed E-state index contributed by atoms with van der Waals surface area (Å²) in [7, 11) is -1.61. The highest BCUT2D eigenvalue weighted by Crippen LogP contribution is 2.30. The van der Waals surface area contributed by atoms with Gasteiger partial charge in [0.15, 0.2) is 15.9 Å². The molecule has 1 saturated heterocycles. The molecule has 1 atom stereocenters. The molecule has 10 heteroatoms. The van der Waals surface area contributed by atoms with Crippen molar-refractivity contribution >= 4 is 27.7 Å². The van der Waals surface area contributed by atoms with Crippen LogP contribution in [-0.2, 0) is 15.2 Å². The molecule has 4 aromatic rings. The number of aromatic nitrogens is 5. The van der Waals surface area contributed by atoms with Crippen LogP contribution in [0.1, 0.15) is 13.8 Å². The van der Waals surface area contributed by atoms with Crippen molar-refractivity contribution in [1.29, 1.82) is 0 Å². The smallest absolute Gasteiger partial charge is 0.214 e. The van der Waals surface area contributed by atoms with E-state index in [0.29, 0.717) is 19.0 Å². The maximum Gasteiger partial charge on any atom is 0.214 e. The molecule has 5 rings (SSSR count). The summed E-state index contributed by atoms with van der Waals surface area (Å²) in [4.78, 5) is 16.0. The Balaban J connectivity index is 1.34. The van der Waals surface area contributed by atoms with Crippen molar-refractivity contribution in [2.45, 2.75) is 24.8 Å². The Bertz CT molecular complexity index is 1270. The number of rotatable bonds is 6. The molecule has 0 aliphatic carbocycles. The van der Waals surface area contributed by atoms with Crippen LogP contribution in [0.2, 0.25) is 0 Å². The molecular formula is C23H26N7O2S+. The lowest BCUT2D eigenvalue weighted by Gasteiger charge is -2.31. The minimum Gasteiger partial charge on any atom is -0.475 e. The number of H-pyrrole nitrogens is 1. The summed E-state index contributed by atoms with van der Waals surface area (Å²) in [5.74, 6) is 1.46. The molecule has 0 aromatic carbocycles. The zero-order valence-electron chi connectivity index (χ0n) is 18.5. The van der Waals surface area contributed by atoms with E-state index in [1.54, 1.807) is 24.8 Å². The summed E-state index contributed by atoms with van der Waals surface area (Å²) in [6.45, 7) is 6.84. The van der Waals surface area contributed by atoms with E-state index in [-0.39, 0.29) is 6.10 Å². The van der Waals surface area contributed by atoms with Crippen molar-refractivity contribution in [3.8, 4) is 17.1 Å². The van der Waals surface area contributed by atoms with Crippen LogP contribution in [0.4, 0.5) is 5.82 Å². The number of fused-ring (bicyclic) bond motifs is 1. The molecule has 170 valence electrons. The predicted molar refractivity (Wildman–Crippen MR) is 129 cm³/mol. The number of aromatic amines is 1. The lowest BCUT2D eigenvalue weighted by Crippen LogP contribution is -2.47. The summed E-state index contributed by atoms with van der Waals surface area (Å²) in [6, 6.07) is 9.61. The van der Waals surface area contributed by atoms with Gasteiger partial charge in [-0.05, 0) is 38.1 Å². The molecule has 1 aliphatic rings. The number of anilines is 1. The number of piperazine rings is 1. The molecular weight excluding hydrogens is 438 g/mol. The highest BCUT2D eigenvalue weighted by Gasteiger charge is 2.27. The summed E-state index contributed by atoms with van der Waals surface area (Å²) < 4.78 is 20.6. The molecule has 5 heterocycles. The third-order valence-electron chi connectivity index (χ3n) is 5.50. The van der Waals surface area contributed by atoms with Gasteiger partial charge in [-0.25, -0.2) is 9.97 Å². The monoisotopic (exact) mass is 464 g/mol. The zero-order valence-corrected chi connectivity index (χ0v) is 19.4. The maximum absolute atomic E-state index is 12.8. The lowest BCUT2D eigenvalue weighted by molar-refractivity contribution is 0.233. The topological polar surface area (TPSA) is 100 Å². The number of hydrogen-bond acceptors (Lipinski definition) is 7. The minimum absolute atomic E-state index is 0.0461. The van der Waals surface area contributed by atoms with E-state index in [2.05, 4.69) is 36.1 Å². The van der Waals surface area contributed by atoms with Gasteiger partial charge in [-0.1, -0.05) is 4.21 Å². The fraction of sp³-hybridized carbons (Fsp3) is 0.304. The molecule has 33 heavy (non-hydrogen) atoms. The molecule has 0 bridgehead atoms. The molecule has 0 amide bonds. The van der Waals surface area contributed by atoms with E-state index in [1.807, 2.05) is 42.4 Å². The second-order valence-electron chi connectivity index (χ2n) is 8.13. The Hall–Kier alpha value is -3.37. The Labute approximate surface area is 194 Å². The van der Waals surface area contributed by atoms with Crippen LogP contribution in [-0.4, -0.2) is 61.7 Å². The van der Waals surface area contributed by atoms with Crippen LogP contribution in [0.3, 0.4) is 0 Å². The highest BCUT2D eigenvalue weighted by atomic mass is 32.2. The molecule has 1 fully saturated rings. The van der Waals surface area contributed by atoms with Gasteiger partial charge >= 0.3 is 0 Å². The molecule has 1 unspecified atom stereocenters. The molecule has 1 N–H and O–H groups in total. The van der Waals surface area contributed by atoms with Crippen molar-refractivity contribution in [3.63, 3.8) is 0 Å². The molecule has 4 aromatic heterocycles. The lowest BCUT2D eigenvalue weighted by atomic mass is 10.1. The first-order chi connectivity index (χ1) is 16.1. The molecule has 0 spiro atoms. The van der Waals surface area contributed by atoms with E-state index in [9.17, 15) is 4.21 Å². The van der Waals surface area contributed by atoms with Gasteiger partial charge < -0.3 is 9.64 Å². The average molecular weight is 465 g/mol. The van der Waals surface area contributed by atoms with Crippen LogP contribution in [0.5, 0.6) is 5.88 Å². The van der Waals surface area contributed by atoms with Gasteiger partial charge in [0.1, 0.15) is 11.5 Å². The quantitative estimate of drug-likeness (QED) is 0.346. The van der Waals surface area contributed by atoms with Crippen molar-refractivity contribution in [3.05, 3.63) is 55.1 Å². The fourth-order valence-electron chi connectivity index (χ4n) is 3.90. The Morgan fingerprint density at radius 3 is 2.67 bits per heavy atom. The predicted octanol–water partition coefficient (Wildman–Crippen LogP) is 2.99. The van der Waals surface area contributed by atoms with Gasteiger partial charge in [0.25, 0.3) is 0 Å². The average Bonchev–Trinajstić information content (AvgIpc) is 3.27. The van der Waals surface area contributed by atoms with E-state index >= 15 is 0 Å².